The van der Waals surface area contributed by atoms with Crippen molar-refractivity contribution in [1.82, 2.24) is 0 Å². The molecule has 0 atom stereocenters. The van der Waals surface area contributed by atoms with Gasteiger partial charge in [0.05, 0.1) is 17.0 Å². The Bertz CT molecular complexity index is 1250. The number of carbonyl (C=O) groups excluding carboxylic acids is 3. The topological polar surface area (TPSA) is 139 Å². The molecule has 0 saturated heterocycles. The second kappa shape index (κ2) is 9.24. The summed E-state index contributed by atoms with van der Waals surface area (Å²) in [5.41, 5.74) is 6.76. The molecule has 2 aliphatic rings. The number of nitrogens with zero attached hydrogens (tertiary/aromatic N) is 3. The van der Waals surface area contributed by atoms with E-state index in [1.54, 1.807) is 53.4 Å². The molecular formula is C21H20N4O6S2. The van der Waals surface area contributed by atoms with E-state index in [4.69, 9.17) is 10.5 Å². The predicted molar refractivity (Wildman–Crippen MR) is 124 cm³/mol. The summed E-state index contributed by atoms with van der Waals surface area (Å²) in [4.78, 5) is 40.3. The number of benzene rings is 2. The molecule has 2 aromatic rings. The van der Waals surface area contributed by atoms with Gasteiger partial charge in [0.1, 0.15) is 0 Å². The number of sulfonamides is 1. The molecule has 0 aromatic heterocycles. The van der Waals surface area contributed by atoms with Gasteiger partial charge in [-0.15, -0.1) is 4.40 Å². The van der Waals surface area contributed by atoms with Crippen LogP contribution < -0.4 is 15.5 Å². The lowest BCUT2D eigenvalue weighted by molar-refractivity contribution is -0.121. The zero-order chi connectivity index (χ0) is 23.6. The first-order valence-electron chi connectivity index (χ1n) is 9.96. The van der Waals surface area contributed by atoms with Crippen LogP contribution in [0.15, 0.2) is 57.8 Å². The number of anilines is 2. The van der Waals surface area contributed by atoms with Gasteiger partial charge in [-0.05, 0) is 42.1 Å². The molecule has 10 nitrogen and oxygen atoms in total. The number of hydrogen-bond acceptors (Lipinski definition) is 8. The maximum absolute atomic E-state index is 12.7. The highest BCUT2D eigenvalue weighted by atomic mass is 32.2. The van der Waals surface area contributed by atoms with Gasteiger partial charge in [-0.1, -0.05) is 18.2 Å². The van der Waals surface area contributed by atoms with Gasteiger partial charge in [0.15, 0.2) is 11.8 Å². The molecule has 2 heterocycles. The molecule has 172 valence electrons. The van der Waals surface area contributed by atoms with Gasteiger partial charge >= 0.3 is 5.97 Å². The number of thioether (sulfide) groups is 1. The number of para-hydroxylation sites is 1. The number of ether oxygens (including phenoxy) is 1. The van der Waals surface area contributed by atoms with Crippen LogP contribution in [0.2, 0.25) is 0 Å². The van der Waals surface area contributed by atoms with Crippen LogP contribution in [0.25, 0.3) is 0 Å². The van der Waals surface area contributed by atoms with Crippen LogP contribution >= 0.6 is 11.8 Å². The minimum atomic E-state index is -3.48. The van der Waals surface area contributed by atoms with E-state index in [-0.39, 0.29) is 24.3 Å². The van der Waals surface area contributed by atoms with Gasteiger partial charge in [-0.2, -0.15) is 0 Å². The molecular weight excluding hydrogens is 468 g/mol. The summed E-state index contributed by atoms with van der Waals surface area (Å²) < 4.78 is 32.5. The Balaban J connectivity index is 1.44. The van der Waals surface area contributed by atoms with Crippen molar-refractivity contribution in [1.29, 1.82) is 0 Å². The number of primary amides is 1. The number of esters is 1. The largest absolute Gasteiger partial charge is 0.452 e. The lowest BCUT2D eigenvalue weighted by Gasteiger charge is -2.22. The van der Waals surface area contributed by atoms with Crippen molar-refractivity contribution >= 4 is 56.1 Å². The summed E-state index contributed by atoms with van der Waals surface area (Å²) in [5.74, 6) is -1.82. The van der Waals surface area contributed by atoms with Crippen molar-refractivity contribution < 1.29 is 27.5 Å². The fourth-order valence-electron chi connectivity index (χ4n) is 3.37. The molecule has 2 aromatic carbocycles. The first-order valence-corrected chi connectivity index (χ1v) is 12.4. The number of amides is 2. The van der Waals surface area contributed by atoms with Gasteiger partial charge in [-0.3, -0.25) is 9.59 Å². The summed E-state index contributed by atoms with van der Waals surface area (Å²) in [6.45, 7) is -0.167. The Hall–Kier alpha value is -3.38. The van der Waals surface area contributed by atoms with Crippen molar-refractivity contribution in [2.45, 2.75) is 11.3 Å². The van der Waals surface area contributed by atoms with Gasteiger partial charge in [-0.25, -0.2) is 13.2 Å². The summed E-state index contributed by atoms with van der Waals surface area (Å²) in [6, 6.07) is 13.5. The second-order valence-electron chi connectivity index (χ2n) is 7.27. The molecule has 12 heteroatoms. The fraction of sp³-hybridized carbons (Fsp3) is 0.238. The molecule has 0 bridgehead atoms. The maximum Gasteiger partial charge on any atom is 0.338 e. The van der Waals surface area contributed by atoms with Crippen LogP contribution in [-0.2, 0) is 24.3 Å². The average Bonchev–Trinajstić information content (AvgIpc) is 3.13. The van der Waals surface area contributed by atoms with Crippen LogP contribution in [0.5, 0.6) is 0 Å². The van der Waals surface area contributed by atoms with Crippen molar-refractivity contribution in [3.63, 3.8) is 0 Å². The Labute approximate surface area is 194 Å². The second-order valence-corrected chi connectivity index (χ2v) is 10.0. The molecule has 0 unspecified atom stereocenters. The Morgan fingerprint density at radius 2 is 1.91 bits per heavy atom. The summed E-state index contributed by atoms with van der Waals surface area (Å²) in [7, 11) is -3.48. The first-order chi connectivity index (χ1) is 15.7. The van der Waals surface area contributed by atoms with Crippen LogP contribution in [0.1, 0.15) is 16.8 Å². The Kier molecular flexibility index (Phi) is 6.38. The fourth-order valence-corrected chi connectivity index (χ4v) is 5.67. The lowest BCUT2D eigenvalue weighted by atomic mass is 10.2. The molecule has 2 N–H and O–H groups in total. The van der Waals surface area contributed by atoms with E-state index in [0.717, 1.165) is 17.4 Å². The Morgan fingerprint density at radius 3 is 2.64 bits per heavy atom. The van der Waals surface area contributed by atoms with Gasteiger partial charge < -0.3 is 20.3 Å². The molecule has 33 heavy (non-hydrogen) atoms. The van der Waals surface area contributed by atoms with Gasteiger partial charge in [0.25, 0.3) is 15.9 Å². The molecule has 0 fully saturated rings. The number of rotatable bonds is 7. The zero-order valence-electron chi connectivity index (χ0n) is 17.3. The lowest BCUT2D eigenvalue weighted by Crippen LogP contribution is -2.37. The monoisotopic (exact) mass is 488 g/mol. The van der Waals surface area contributed by atoms with E-state index in [1.807, 2.05) is 0 Å². The molecule has 0 radical (unpaired) electrons. The van der Waals surface area contributed by atoms with E-state index < -0.39 is 34.4 Å². The number of hydrogen-bond donors (Lipinski definition) is 1. The normalized spacial score (nSPS) is 15.8. The number of nitrogens with two attached hydrogens (primary N) is 1. The van der Waals surface area contributed by atoms with Crippen molar-refractivity contribution in [3.8, 4) is 0 Å². The number of fused-ring (bicyclic) bond motifs is 3. The van der Waals surface area contributed by atoms with Crippen molar-refractivity contribution in [3.05, 3.63) is 54.1 Å². The van der Waals surface area contributed by atoms with E-state index in [2.05, 4.69) is 4.40 Å². The Morgan fingerprint density at radius 1 is 1.15 bits per heavy atom. The third kappa shape index (κ3) is 5.17. The number of carbonyl (C=O) groups is 3. The molecule has 4 rings (SSSR count). The molecule has 0 saturated carbocycles. The summed E-state index contributed by atoms with van der Waals surface area (Å²) >= 11 is 1.16. The SMILES string of the molecule is NC(=O)CCN(C(=O)COC(=O)c1ccc2c(c1)SC1=NS(=O)(=O)CCN12)c1ccccc1. The van der Waals surface area contributed by atoms with Crippen LogP contribution in [0.3, 0.4) is 0 Å². The van der Waals surface area contributed by atoms with E-state index in [0.29, 0.717) is 22.3 Å². The predicted octanol–water partition coefficient (Wildman–Crippen LogP) is 1.36. The molecule has 2 amide bonds. The minimum Gasteiger partial charge on any atom is -0.452 e. The van der Waals surface area contributed by atoms with Gasteiger partial charge in [0.2, 0.25) is 5.91 Å². The molecule has 0 spiro atoms. The third-order valence-electron chi connectivity index (χ3n) is 4.99. The maximum atomic E-state index is 12.7. The zero-order valence-corrected chi connectivity index (χ0v) is 19.0. The third-order valence-corrected chi connectivity index (χ3v) is 7.29. The minimum absolute atomic E-state index is 0.0350. The van der Waals surface area contributed by atoms with Gasteiger partial charge in [0, 0.05) is 30.1 Å². The van der Waals surface area contributed by atoms with E-state index in [1.165, 1.54) is 4.90 Å². The first kappa shape index (κ1) is 22.8. The molecule has 2 aliphatic heterocycles. The summed E-state index contributed by atoms with van der Waals surface area (Å²) in [6.07, 6.45) is -0.0350. The highest BCUT2D eigenvalue weighted by Gasteiger charge is 2.33. The highest BCUT2D eigenvalue weighted by molar-refractivity contribution is 8.15. The van der Waals surface area contributed by atoms with Crippen molar-refractivity contribution in [2.75, 3.05) is 35.2 Å². The van der Waals surface area contributed by atoms with Crippen LogP contribution in [0, 0.1) is 0 Å². The average molecular weight is 489 g/mol. The number of amidine groups is 1. The quantitative estimate of drug-likeness (QED) is 0.577. The molecule has 0 aliphatic carbocycles. The smallest absolute Gasteiger partial charge is 0.338 e. The van der Waals surface area contributed by atoms with Crippen LogP contribution in [0.4, 0.5) is 11.4 Å². The van der Waals surface area contributed by atoms with E-state index in [9.17, 15) is 22.8 Å². The van der Waals surface area contributed by atoms with Crippen LogP contribution in [-0.4, -0.2) is 56.8 Å². The highest BCUT2D eigenvalue weighted by Crippen LogP contribution is 2.42. The van der Waals surface area contributed by atoms with Crippen molar-refractivity contribution in [2.24, 2.45) is 10.1 Å². The standard InChI is InChI=1S/C21H20N4O6S2/c22-18(26)8-9-24(15-4-2-1-3-5-15)19(27)13-31-20(28)14-6-7-16-17(12-14)32-21-23-33(29,30)11-10-25(16)21/h1-7,12H,8-11,13H2,(H2,22,26). The summed E-state index contributed by atoms with van der Waals surface area (Å²) in [5, 5.41) is 0.352. The van der Waals surface area contributed by atoms with E-state index >= 15 is 0 Å².